The fourth-order valence-electron chi connectivity index (χ4n) is 1.96. The van der Waals surface area contributed by atoms with Crippen molar-refractivity contribution in [1.82, 2.24) is 9.55 Å². The van der Waals surface area contributed by atoms with Gasteiger partial charge in [-0.2, -0.15) is 13.2 Å². The maximum atomic E-state index is 12.7. The van der Waals surface area contributed by atoms with Gasteiger partial charge in [-0.05, 0) is 19.4 Å². The van der Waals surface area contributed by atoms with Crippen molar-refractivity contribution in [3.05, 3.63) is 41.7 Å². The number of halogens is 4. The molecule has 2 rings (SSSR count). The maximum absolute atomic E-state index is 12.7. The predicted octanol–water partition coefficient (Wildman–Crippen LogP) is 4.03. The van der Waals surface area contributed by atoms with E-state index in [9.17, 15) is 13.2 Å². The number of aryl methyl sites for hydroxylation is 1. The molecular formula is C14H17ClF3N3. The van der Waals surface area contributed by atoms with Crippen molar-refractivity contribution < 1.29 is 13.2 Å². The lowest BCUT2D eigenvalue weighted by Crippen LogP contribution is -2.05. The molecule has 0 bridgehead atoms. The lowest BCUT2D eigenvalue weighted by atomic mass is 10.1. The largest absolute Gasteiger partial charge is 0.434 e. The van der Waals surface area contributed by atoms with Crippen LogP contribution < -0.4 is 5.73 Å². The van der Waals surface area contributed by atoms with Gasteiger partial charge in [-0.3, -0.25) is 0 Å². The van der Waals surface area contributed by atoms with Gasteiger partial charge < -0.3 is 10.3 Å². The Labute approximate surface area is 127 Å². The summed E-state index contributed by atoms with van der Waals surface area (Å²) >= 11 is 0. The van der Waals surface area contributed by atoms with Crippen LogP contribution in [0.1, 0.15) is 31.1 Å². The van der Waals surface area contributed by atoms with Crippen LogP contribution in [0.5, 0.6) is 0 Å². The van der Waals surface area contributed by atoms with Crippen LogP contribution in [0.25, 0.3) is 11.4 Å². The van der Waals surface area contributed by atoms with Gasteiger partial charge in [-0.25, -0.2) is 4.98 Å². The number of benzene rings is 1. The molecule has 2 aromatic rings. The minimum atomic E-state index is -4.43. The minimum Gasteiger partial charge on any atom is -0.331 e. The van der Waals surface area contributed by atoms with Gasteiger partial charge in [0, 0.05) is 24.3 Å². The third kappa shape index (κ3) is 3.77. The SMILES string of the molecule is CCn1cc(C(F)(F)F)nc1-c1ccc(C(C)N)cc1.Cl. The number of rotatable bonds is 3. The second-order valence-electron chi connectivity index (χ2n) is 4.64. The van der Waals surface area contributed by atoms with Crippen molar-refractivity contribution in [2.24, 2.45) is 5.73 Å². The molecular weight excluding hydrogens is 303 g/mol. The van der Waals surface area contributed by atoms with Crippen LogP contribution in [0.4, 0.5) is 13.2 Å². The summed E-state index contributed by atoms with van der Waals surface area (Å²) in [5, 5.41) is 0. The van der Waals surface area contributed by atoms with E-state index in [1.165, 1.54) is 4.57 Å². The molecule has 0 radical (unpaired) electrons. The first-order chi connectivity index (χ1) is 9.32. The average molecular weight is 320 g/mol. The molecule has 21 heavy (non-hydrogen) atoms. The standard InChI is InChI=1S/C14H16F3N3.ClH/c1-3-20-8-12(14(15,16)17)19-13(20)11-6-4-10(5-7-11)9(2)18;/h4-9H,3,18H2,1-2H3;1H. The fraction of sp³-hybridized carbons (Fsp3) is 0.357. The van der Waals surface area contributed by atoms with Crippen molar-refractivity contribution in [3.63, 3.8) is 0 Å². The zero-order valence-corrected chi connectivity index (χ0v) is 12.5. The summed E-state index contributed by atoms with van der Waals surface area (Å²) in [6.45, 7) is 4.05. The van der Waals surface area contributed by atoms with E-state index in [1.807, 2.05) is 19.1 Å². The molecule has 0 fully saturated rings. The molecule has 116 valence electrons. The molecule has 3 nitrogen and oxygen atoms in total. The van der Waals surface area contributed by atoms with E-state index < -0.39 is 11.9 Å². The molecule has 1 heterocycles. The zero-order valence-electron chi connectivity index (χ0n) is 11.7. The molecule has 0 saturated heterocycles. The van der Waals surface area contributed by atoms with E-state index >= 15 is 0 Å². The lowest BCUT2D eigenvalue weighted by Gasteiger charge is -2.08. The summed E-state index contributed by atoms with van der Waals surface area (Å²) in [6.07, 6.45) is -3.39. The lowest BCUT2D eigenvalue weighted by molar-refractivity contribution is -0.140. The Morgan fingerprint density at radius 3 is 2.24 bits per heavy atom. The highest BCUT2D eigenvalue weighted by Gasteiger charge is 2.34. The molecule has 1 unspecified atom stereocenters. The van der Waals surface area contributed by atoms with Gasteiger partial charge in [-0.15, -0.1) is 12.4 Å². The second-order valence-corrected chi connectivity index (χ2v) is 4.64. The van der Waals surface area contributed by atoms with E-state index in [0.29, 0.717) is 17.9 Å². The summed E-state index contributed by atoms with van der Waals surface area (Å²) in [5.41, 5.74) is 6.46. The first-order valence-corrected chi connectivity index (χ1v) is 6.33. The summed E-state index contributed by atoms with van der Waals surface area (Å²) < 4.78 is 39.6. The number of nitrogens with two attached hydrogens (primary N) is 1. The third-order valence-electron chi connectivity index (χ3n) is 3.10. The first-order valence-electron chi connectivity index (χ1n) is 6.33. The number of aromatic nitrogens is 2. The smallest absolute Gasteiger partial charge is 0.331 e. The van der Waals surface area contributed by atoms with Gasteiger partial charge in [0.1, 0.15) is 5.82 Å². The van der Waals surface area contributed by atoms with Crippen molar-refractivity contribution in [2.45, 2.75) is 32.6 Å². The second kappa shape index (κ2) is 6.49. The van der Waals surface area contributed by atoms with Crippen molar-refractivity contribution >= 4 is 12.4 Å². The van der Waals surface area contributed by atoms with Gasteiger partial charge in [0.05, 0.1) is 0 Å². The van der Waals surface area contributed by atoms with Crippen LogP contribution in [0.3, 0.4) is 0 Å². The van der Waals surface area contributed by atoms with Crippen LogP contribution in [0.15, 0.2) is 30.5 Å². The molecule has 0 aliphatic carbocycles. The van der Waals surface area contributed by atoms with Crippen LogP contribution >= 0.6 is 12.4 Å². The number of hydrogen-bond acceptors (Lipinski definition) is 2. The quantitative estimate of drug-likeness (QED) is 0.928. The predicted molar refractivity (Wildman–Crippen MR) is 78.2 cm³/mol. The van der Waals surface area contributed by atoms with Gasteiger partial charge in [0.2, 0.25) is 0 Å². The maximum Gasteiger partial charge on any atom is 0.434 e. The summed E-state index contributed by atoms with van der Waals surface area (Å²) in [6, 6.07) is 6.99. The molecule has 0 aliphatic rings. The molecule has 0 amide bonds. The van der Waals surface area contributed by atoms with Crippen LogP contribution in [-0.4, -0.2) is 9.55 Å². The molecule has 0 spiro atoms. The third-order valence-corrected chi connectivity index (χ3v) is 3.10. The molecule has 0 aliphatic heterocycles. The molecule has 2 N–H and O–H groups in total. The van der Waals surface area contributed by atoms with Gasteiger partial charge in [0.25, 0.3) is 0 Å². The Morgan fingerprint density at radius 2 is 1.81 bits per heavy atom. The van der Waals surface area contributed by atoms with E-state index in [-0.39, 0.29) is 18.4 Å². The highest BCUT2D eigenvalue weighted by molar-refractivity contribution is 5.85. The Bertz CT molecular complexity index is 589. The van der Waals surface area contributed by atoms with Gasteiger partial charge in [0.15, 0.2) is 5.69 Å². The van der Waals surface area contributed by atoms with Crippen molar-refractivity contribution in [1.29, 1.82) is 0 Å². The Balaban J connectivity index is 0.00000220. The van der Waals surface area contributed by atoms with E-state index in [2.05, 4.69) is 4.98 Å². The zero-order chi connectivity index (χ0) is 14.9. The average Bonchev–Trinajstić information content (AvgIpc) is 2.82. The molecule has 0 saturated carbocycles. The van der Waals surface area contributed by atoms with Gasteiger partial charge >= 0.3 is 6.18 Å². The Kier molecular flexibility index (Phi) is 5.42. The van der Waals surface area contributed by atoms with Crippen LogP contribution in [-0.2, 0) is 12.7 Å². The Morgan fingerprint density at radius 1 is 1.24 bits per heavy atom. The molecule has 1 aromatic heterocycles. The van der Waals surface area contributed by atoms with Crippen molar-refractivity contribution in [2.75, 3.05) is 0 Å². The van der Waals surface area contributed by atoms with E-state index in [4.69, 9.17) is 5.73 Å². The minimum absolute atomic E-state index is 0. The highest BCUT2D eigenvalue weighted by Crippen LogP contribution is 2.31. The highest BCUT2D eigenvalue weighted by atomic mass is 35.5. The first kappa shape index (κ1) is 17.5. The summed E-state index contributed by atoms with van der Waals surface area (Å²) in [4.78, 5) is 3.70. The fourth-order valence-corrected chi connectivity index (χ4v) is 1.96. The monoisotopic (exact) mass is 319 g/mol. The number of hydrogen-bond donors (Lipinski definition) is 1. The molecule has 7 heteroatoms. The van der Waals surface area contributed by atoms with E-state index in [1.54, 1.807) is 19.1 Å². The van der Waals surface area contributed by atoms with Crippen molar-refractivity contribution in [3.8, 4) is 11.4 Å². The topological polar surface area (TPSA) is 43.8 Å². The van der Waals surface area contributed by atoms with Gasteiger partial charge in [-0.1, -0.05) is 24.3 Å². The summed E-state index contributed by atoms with van der Waals surface area (Å²) in [5.74, 6) is 0.316. The number of alkyl halides is 3. The van der Waals surface area contributed by atoms with Crippen LogP contribution in [0.2, 0.25) is 0 Å². The normalized spacial score (nSPS) is 12.9. The molecule has 1 atom stereocenters. The number of imidazole rings is 1. The van der Waals surface area contributed by atoms with E-state index in [0.717, 1.165) is 11.8 Å². The number of nitrogens with zero attached hydrogens (tertiary/aromatic N) is 2. The van der Waals surface area contributed by atoms with Crippen LogP contribution in [0, 0.1) is 0 Å². The Hall–Kier alpha value is -1.53. The summed E-state index contributed by atoms with van der Waals surface area (Å²) in [7, 11) is 0. The molecule has 1 aromatic carbocycles.